The fraction of sp³-hybridized carbons (Fsp3) is 0.0400. The molecule has 0 aliphatic rings. The van der Waals surface area contributed by atoms with E-state index in [9.17, 15) is 0 Å². The third-order valence-electron chi connectivity index (χ3n) is 5.70. The SMILES string of the molecule is Cn1ccc2cc3c(ccc4c5cc6ccccc6cc5ccc34)cc21. The van der Waals surface area contributed by atoms with Crippen molar-refractivity contribution in [2.45, 2.75) is 0 Å². The van der Waals surface area contributed by atoms with Crippen molar-refractivity contribution in [3.8, 4) is 0 Å². The molecule has 1 heterocycles. The van der Waals surface area contributed by atoms with E-state index in [-0.39, 0.29) is 0 Å². The van der Waals surface area contributed by atoms with Crippen LogP contribution >= 0.6 is 0 Å². The first-order valence-corrected chi connectivity index (χ1v) is 9.01. The van der Waals surface area contributed by atoms with Crippen molar-refractivity contribution >= 4 is 54.0 Å². The highest BCUT2D eigenvalue weighted by molar-refractivity contribution is 6.20. The molecule has 1 aromatic heterocycles. The van der Waals surface area contributed by atoms with Gasteiger partial charge >= 0.3 is 0 Å². The molecule has 122 valence electrons. The molecule has 0 radical (unpaired) electrons. The molecule has 0 atom stereocenters. The quantitative estimate of drug-likeness (QED) is 0.213. The second-order valence-corrected chi connectivity index (χ2v) is 7.21. The van der Waals surface area contributed by atoms with Crippen LogP contribution in [0.3, 0.4) is 0 Å². The standard InChI is InChI=1S/C25H17N/c1-26-11-10-20-14-24-19(15-25(20)26)7-9-21-22(24)8-6-18-12-16-4-2-3-5-17(16)13-23(18)21/h2-15H,1H3. The number of aryl methyl sites for hydroxylation is 1. The topological polar surface area (TPSA) is 4.93 Å². The van der Waals surface area contributed by atoms with Gasteiger partial charge < -0.3 is 4.57 Å². The second kappa shape index (κ2) is 4.86. The van der Waals surface area contributed by atoms with Gasteiger partial charge in [-0.2, -0.15) is 0 Å². The largest absolute Gasteiger partial charge is 0.351 e. The molecule has 0 unspecified atom stereocenters. The molecule has 1 heteroatoms. The van der Waals surface area contributed by atoms with E-state index in [1.807, 2.05) is 0 Å². The fourth-order valence-electron chi connectivity index (χ4n) is 4.33. The molecule has 6 aromatic rings. The summed E-state index contributed by atoms with van der Waals surface area (Å²) in [4.78, 5) is 0. The number of hydrogen-bond acceptors (Lipinski definition) is 0. The minimum Gasteiger partial charge on any atom is -0.351 e. The first-order chi connectivity index (χ1) is 12.8. The number of rotatable bonds is 0. The van der Waals surface area contributed by atoms with Crippen LogP contribution in [0.1, 0.15) is 0 Å². The average molecular weight is 331 g/mol. The highest BCUT2D eigenvalue weighted by atomic mass is 14.9. The van der Waals surface area contributed by atoms with Crippen molar-refractivity contribution < 1.29 is 0 Å². The maximum Gasteiger partial charge on any atom is 0.0484 e. The Labute approximate surface area is 151 Å². The number of fused-ring (bicyclic) bond motifs is 7. The zero-order valence-electron chi connectivity index (χ0n) is 14.5. The molecule has 0 fully saturated rings. The first-order valence-electron chi connectivity index (χ1n) is 9.01. The predicted octanol–water partition coefficient (Wildman–Crippen LogP) is 6.79. The van der Waals surface area contributed by atoms with E-state index in [0.717, 1.165) is 0 Å². The van der Waals surface area contributed by atoms with Crippen LogP contribution in [-0.4, -0.2) is 4.57 Å². The van der Waals surface area contributed by atoms with Gasteiger partial charge in [-0.3, -0.25) is 0 Å². The summed E-state index contributed by atoms with van der Waals surface area (Å²) in [5.74, 6) is 0. The molecule has 0 amide bonds. The molecule has 0 bridgehead atoms. The van der Waals surface area contributed by atoms with Crippen LogP contribution in [0.2, 0.25) is 0 Å². The van der Waals surface area contributed by atoms with Crippen LogP contribution < -0.4 is 0 Å². The normalized spacial score (nSPS) is 12.0. The fourth-order valence-corrected chi connectivity index (χ4v) is 4.33. The van der Waals surface area contributed by atoms with Crippen LogP contribution in [0, 0.1) is 0 Å². The molecule has 0 spiro atoms. The van der Waals surface area contributed by atoms with Crippen molar-refractivity contribution in [2.24, 2.45) is 7.05 Å². The molecule has 26 heavy (non-hydrogen) atoms. The number of hydrogen-bond donors (Lipinski definition) is 0. The summed E-state index contributed by atoms with van der Waals surface area (Å²) < 4.78 is 2.19. The molecule has 0 aliphatic heterocycles. The van der Waals surface area contributed by atoms with E-state index in [4.69, 9.17) is 0 Å². The van der Waals surface area contributed by atoms with E-state index in [1.165, 1.54) is 54.0 Å². The molecular weight excluding hydrogens is 314 g/mol. The zero-order valence-corrected chi connectivity index (χ0v) is 14.5. The molecule has 5 aromatic carbocycles. The third-order valence-corrected chi connectivity index (χ3v) is 5.70. The zero-order chi connectivity index (χ0) is 17.3. The van der Waals surface area contributed by atoms with E-state index in [2.05, 4.69) is 96.7 Å². The smallest absolute Gasteiger partial charge is 0.0484 e. The number of aromatic nitrogens is 1. The van der Waals surface area contributed by atoms with Gasteiger partial charge in [-0.15, -0.1) is 0 Å². The monoisotopic (exact) mass is 331 g/mol. The summed E-state index contributed by atoms with van der Waals surface area (Å²) >= 11 is 0. The van der Waals surface area contributed by atoms with Crippen molar-refractivity contribution in [1.29, 1.82) is 0 Å². The lowest BCUT2D eigenvalue weighted by molar-refractivity contribution is 0.970. The van der Waals surface area contributed by atoms with Crippen LogP contribution in [0.15, 0.2) is 85.1 Å². The van der Waals surface area contributed by atoms with Gasteiger partial charge in [-0.25, -0.2) is 0 Å². The highest BCUT2D eigenvalue weighted by Gasteiger charge is 2.08. The van der Waals surface area contributed by atoms with Crippen molar-refractivity contribution in [2.75, 3.05) is 0 Å². The van der Waals surface area contributed by atoms with Gasteiger partial charge in [0.2, 0.25) is 0 Å². The van der Waals surface area contributed by atoms with Crippen LogP contribution in [0.5, 0.6) is 0 Å². The summed E-state index contributed by atoms with van der Waals surface area (Å²) in [5.41, 5.74) is 1.28. The van der Waals surface area contributed by atoms with Crippen LogP contribution in [0.4, 0.5) is 0 Å². The van der Waals surface area contributed by atoms with Crippen molar-refractivity contribution in [3.05, 3.63) is 85.1 Å². The Hall–Kier alpha value is -3.32. The molecule has 0 aliphatic carbocycles. The predicted molar refractivity (Wildman–Crippen MR) is 113 cm³/mol. The number of nitrogens with zero attached hydrogens (tertiary/aromatic N) is 1. The average Bonchev–Trinajstić information content (AvgIpc) is 3.04. The van der Waals surface area contributed by atoms with E-state index >= 15 is 0 Å². The minimum absolute atomic E-state index is 1.28. The van der Waals surface area contributed by atoms with Crippen molar-refractivity contribution in [3.63, 3.8) is 0 Å². The van der Waals surface area contributed by atoms with E-state index < -0.39 is 0 Å². The summed E-state index contributed by atoms with van der Waals surface area (Å²) in [6.45, 7) is 0. The maximum atomic E-state index is 2.33. The Morgan fingerprint density at radius 3 is 1.85 bits per heavy atom. The molecule has 6 rings (SSSR count). The van der Waals surface area contributed by atoms with Gasteiger partial charge in [0, 0.05) is 24.1 Å². The van der Waals surface area contributed by atoms with Gasteiger partial charge in [-0.05, 0) is 73.4 Å². The number of benzene rings is 5. The minimum atomic E-state index is 1.28. The van der Waals surface area contributed by atoms with E-state index in [0.29, 0.717) is 0 Å². The van der Waals surface area contributed by atoms with Gasteiger partial charge in [-0.1, -0.05) is 48.5 Å². The maximum absolute atomic E-state index is 2.33. The third kappa shape index (κ3) is 1.80. The summed E-state index contributed by atoms with van der Waals surface area (Å²) in [7, 11) is 2.10. The van der Waals surface area contributed by atoms with Gasteiger partial charge in [0.1, 0.15) is 0 Å². The van der Waals surface area contributed by atoms with E-state index in [1.54, 1.807) is 0 Å². The summed E-state index contributed by atoms with van der Waals surface area (Å²) in [6.07, 6.45) is 2.13. The Morgan fingerprint density at radius 2 is 1.12 bits per heavy atom. The lowest BCUT2D eigenvalue weighted by Crippen LogP contribution is -1.85. The lowest BCUT2D eigenvalue weighted by Gasteiger charge is -2.10. The lowest BCUT2D eigenvalue weighted by atomic mass is 9.94. The summed E-state index contributed by atoms with van der Waals surface area (Å²) in [5, 5.41) is 11.8. The molecule has 1 nitrogen and oxygen atoms in total. The van der Waals surface area contributed by atoms with Crippen molar-refractivity contribution in [1.82, 2.24) is 4.57 Å². The Morgan fingerprint density at radius 1 is 0.500 bits per heavy atom. The molecule has 0 saturated carbocycles. The van der Waals surface area contributed by atoms with Gasteiger partial charge in [0.25, 0.3) is 0 Å². The first kappa shape index (κ1) is 13.9. The molecular formula is C25H17N. The van der Waals surface area contributed by atoms with Gasteiger partial charge in [0.15, 0.2) is 0 Å². The van der Waals surface area contributed by atoms with Gasteiger partial charge in [0.05, 0.1) is 0 Å². The van der Waals surface area contributed by atoms with Crippen LogP contribution in [-0.2, 0) is 7.05 Å². The Kier molecular flexibility index (Phi) is 2.60. The highest BCUT2D eigenvalue weighted by Crippen LogP contribution is 2.35. The Balaban J connectivity index is 1.80. The molecule has 0 N–H and O–H groups in total. The van der Waals surface area contributed by atoms with Crippen LogP contribution in [0.25, 0.3) is 54.0 Å². The summed E-state index contributed by atoms with van der Waals surface area (Å²) in [6, 6.07) is 29.2. The molecule has 0 saturated heterocycles. The Bertz CT molecular complexity index is 1480. The second-order valence-electron chi connectivity index (χ2n) is 7.21.